The van der Waals surface area contributed by atoms with Gasteiger partial charge in [-0.15, -0.1) is 0 Å². The molecule has 1 aromatic rings. The van der Waals surface area contributed by atoms with Gasteiger partial charge in [0, 0.05) is 6.54 Å². The van der Waals surface area contributed by atoms with Crippen LogP contribution in [0, 0.1) is 6.92 Å². The second kappa shape index (κ2) is 6.88. The third-order valence-electron chi connectivity index (χ3n) is 2.35. The van der Waals surface area contributed by atoms with Gasteiger partial charge in [-0.2, -0.15) is 0 Å². The fourth-order valence-electron chi connectivity index (χ4n) is 1.37. The summed E-state index contributed by atoms with van der Waals surface area (Å²) in [6, 6.07) is 7.48. The summed E-state index contributed by atoms with van der Waals surface area (Å²) in [4.78, 5) is 11.4. The van der Waals surface area contributed by atoms with Gasteiger partial charge in [0.2, 0.25) is 0 Å². The first-order chi connectivity index (χ1) is 7.74. The van der Waals surface area contributed by atoms with E-state index in [4.69, 9.17) is 4.74 Å². The molecule has 3 heteroatoms. The molecule has 0 heterocycles. The number of ether oxygens (including phenoxy) is 1. The Hall–Kier alpha value is -1.51. The molecular weight excluding hydrogens is 202 g/mol. The van der Waals surface area contributed by atoms with Crippen molar-refractivity contribution in [3.63, 3.8) is 0 Å². The number of carbonyl (C=O) groups is 1. The number of para-hydroxylation sites is 1. The van der Waals surface area contributed by atoms with Crippen LogP contribution in [-0.4, -0.2) is 12.6 Å². The molecule has 0 saturated carbocycles. The summed E-state index contributed by atoms with van der Waals surface area (Å²) in [6.07, 6.45) is 2.91. The van der Waals surface area contributed by atoms with E-state index < -0.39 is 0 Å². The first-order valence-electron chi connectivity index (χ1n) is 5.75. The summed E-state index contributed by atoms with van der Waals surface area (Å²) in [5.41, 5.74) is 0.964. The lowest BCUT2D eigenvalue weighted by molar-refractivity contribution is 0.200. The normalized spacial score (nSPS) is 9.88. The number of unbranched alkanes of at least 4 members (excludes halogenated alkanes) is 2. The molecule has 0 atom stereocenters. The van der Waals surface area contributed by atoms with E-state index in [0.29, 0.717) is 12.3 Å². The molecule has 0 aliphatic rings. The van der Waals surface area contributed by atoms with E-state index in [-0.39, 0.29) is 6.09 Å². The van der Waals surface area contributed by atoms with E-state index in [2.05, 4.69) is 12.2 Å². The molecule has 1 rings (SSSR count). The van der Waals surface area contributed by atoms with Crippen molar-refractivity contribution in [3.05, 3.63) is 29.8 Å². The van der Waals surface area contributed by atoms with Gasteiger partial charge in [-0.05, 0) is 25.0 Å². The number of hydrogen-bond acceptors (Lipinski definition) is 2. The highest BCUT2D eigenvalue weighted by molar-refractivity contribution is 5.70. The van der Waals surface area contributed by atoms with Gasteiger partial charge in [-0.25, -0.2) is 4.79 Å². The van der Waals surface area contributed by atoms with Crippen molar-refractivity contribution in [2.45, 2.75) is 33.1 Å². The third-order valence-corrected chi connectivity index (χ3v) is 2.35. The molecule has 0 saturated heterocycles. The highest BCUT2D eigenvalue weighted by Gasteiger charge is 2.04. The predicted octanol–water partition coefficient (Wildman–Crippen LogP) is 3.27. The van der Waals surface area contributed by atoms with E-state index in [1.807, 2.05) is 25.1 Å². The second-order valence-electron chi connectivity index (χ2n) is 3.79. The first kappa shape index (κ1) is 12.6. The van der Waals surface area contributed by atoms with Crippen LogP contribution in [0.1, 0.15) is 31.7 Å². The Kier molecular flexibility index (Phi) is 5.40. The number of carbonyl (C=O) groups excluding carboxylic acids is 1. The number of amides is 1. The fourth-order valence-corrected chi connectivity index (χ4v) is 1.37. The van der Waals surface area contributed by atoms with Crippen LogP contribution in [0.15, 0.2) is 24.3 Å². The summed E-state index contributed by atoms with van der Waals surface area (Å²) >= 11 is 0. The number of benzene rings is 1. The minimum Gasteiger partial charge on any atom is -0.410 e. The molecule has 0 aliphatic heterocycles. The Morgan fingerprint density at radius 2 is 2.06 bits per heavy atom. The van der Waals surface area contributed by atoms with Crippen LogP contribution in [-0.2, 0) is 0 Å². The van der Waals surface area contributed by atoms with Crippen LogP contribution >= 0.6 is 0 Å². The third kappa shape index (κ3) is 4.34. The van der Waals surface area contributed by atoms with Crippen molar-refractivity contribution in [2.75, 3.05) is 6.54 Å². The van der Waals surface area contributed by atoms with Gasteiger partial charge >= 0.3 is 6.09 Å². The first-order valence-corrected chi connectivity index (χ1v) is 5.75. The Morgan fingerprint density at radius 1 is 1.31 bits per heavy atom. The van der Waals surface area contributed by atoms with E-state index in [1.54, 1.807) is 6.07 Å². The summed E-state index contributed by atoms with van der Waals surface area (Å²) in [6.45, 7) is 4.73. The Morgan fingerprint density at radius 3 is 2.75 bits per heavy atom. The minimum absolute atomic E-state index is 0.370. The van der Waals surface area contributed by atoms with Gasteiger partial charge in [-0.3, -0.25) is 0 Å². The van der Waals surface area contributed by atoms with Crippen LogP contribution in [0.4, 0.5) is 4.79 Å². The standard InChI is InChI=1S/C13H19NO2/c1-3-4-7-10-14-13(15)16-12-9-6-5-8-11(12)2/h5-6,8-9H,3-4,7,10H2,1-2H3,(H,14,15). The van der Waals surface area contributed by atoms with E-state index in [0.717, 1.165) is 24.8 Å². The molecular formula is C13H19NO2. The van der Waals surface area contributed by atoms with Crippen LogP contribution in [0.2, 0.25) is 0 Å². The molecule has 1 N–H and O–H groups in total. The van der Waals surface area contributed by atoms with Crippen molar-refractivity contribution in [3.8, 4) is 5.75 Å². The van der Waals surface area contributed by atoms with Crippen LogP contribution in [0.5, 0.6) is 5.75 Å². The smallest absolute Gasteiger partial charge is 0.410 e. The van der Waals surface area contributed by atoms with E-state index >= 15 is 0 Å². The van der Waals surface area contributed by atoms with Crippen molar-refractivity contribution >= 4 is 6.09 Å². The summed E-state index contributed by atoms with van der Waals surface area (Å²) in [5, 5.41) is 2.73. The summed E-state index contributed by atoms with van der Waals surface area (Å²) in [5.74, 6) is 0.621. The largest absolute Gasteiger partial charge is 0.412 e. The van der Waals surface area contributed by atoms with Gasteiger partial charge < -0.3 is 10.1 Å². The Balaban J connectivity index is 2.32. The highest BCUT2D eigenvalue weighted by Crippen LogP contribution is 2.15. The number of aryl methyl sites for hydroxylation is 1. The maximum absolute atomic E-state index is 11.4. The molecule has 3 nitrogen and oxygen atoms in total. The number of nitrogens with one attached hydrogen (secondary N) is 1. The molecule has 0 aromatic heterocycles. The van der Waals surface area contributed by atoms with Crippen LogP contribution in [0.25, 0.3) is 0 Å². The van der Waals surface area contributed by atoms with E-state index in [1.165, 1.54) is 0 Å². The maximum Gasteiger partial charge on any atom is 0.412 e. The number of hydrogen-bond donors (Lipinski definition) is 1. The van der Waals surface area contributed by atoms with E-state index in [9.17, 15) is 4.79 Å². The van der Waals surface area contributed by atoms with Gasteiger partial charge in [0.1, 0.15) is 5.75 Å². The monoisotopic (exact) mass is 221 g/mol. The molecule has 88 valence electrons. The zero-order chi connectivity index (χ0) is 11.8. The molecule has 0 aliphatic carbocycles. The van der Waals surface area contributed by atoms with Gasteiger partial charge in [0.15, 0.2) is 0 Å². The van der Waals surface area contributed by atoms with Gasteiger partial charge in [-0.1, -0.05) is 38.0 Å². The quantitative estimate of drug-likeness (QED) is 0.775. The average molecular weight is 221 g/mol. The molecule has 16 heavy (non-hydrogen) atoms. The summed E-state index contributed by atoms with van der Waals surface area (Å²) in [7, 11) is 0. The molecule has 0 bridgehead atoms. The average Bonchev–Trinajstić information content (AvgIpc) is 2.28. The summed E-state index contributed by atoms with van der Waals surface area (Å²) < 4.78 is 5.18. The van der Waals surface area contributed by atoms with Crippen molar-refractivity contribution in [1.82, 2.24) is 5.32 Å². The molecule has 1 amide bonds. The predicted molar refractivity (Wildman–Crippen MR) is 64.7 cm³/mol. The number of rotatable bonds is 5. The molecule has 0 spiro atoms. The lowest BCUT2D eigenvalue weighted by Crippen LogP contribution is -2.27. The Bertz CT molecular complexity index is 336. The van der Waals surface area contributed by atoms with Gasteiger partial charge in [0.25, 0.3) is 0 Å². The zero-order valence-electron chi connectivity index (χ0n) is 9.95. The maximum atomic E-state index is 11.4. The Labute approximate surface area is 96.8 Å². The lowest BCUT2D eigenvalue weighted by atomic mass is 10.2. The lowest BCUT2D eigenvalue weighted by Gasteiger charge is -2.08. The minimum atomic E-state index is -0.370. The fraction of sp³-hybridized carbons (Fsp3) is 0.462. The van der Waals surface area contributed by atoms with Gasteiger partial charge in [0.05, 0.1) is 0 Å². The SMILES string of the molecule is CCCCCNC(=O)Oc1ccccc1C. The topological polar surface area (TPSA) is 38.3 Å². The zero-order valence-corrected chi connectivity index (χ0v) is 9.95. The second-order valence-corrected chi connectivity index (χ2v) is 3.79. The van der Waals surface area contributed by atoms with Crippen molar-refractivity contribution < 1.29 is 9.53 Å². The molecule has 0 unspecified atom stereocenters. The van der Waals surface area contributed by atoms with Crippen LogP contribution in [0.3, 0.4) is 0 Å². The molecule has 1 aromatic carbocycles. The van der Waals surface area contributed by atoms with Crippen LogP contribution < -0.4 is 10.1 Å². The molecule has 0 fully saturated rings. The van der Waals surface area contributed by atoms with Crippen molar-refractivity contribution in [1.29, 1.82) is 0 Å². The van der Waals surface area contributed by atoms with Crippen molar-refractivity contribution in [2.24, 2.45) is 0 Å². The molecule has 0 radical (unpaired) electrons. The highest BCUT2D eigenvalue weighted by atomic mass is 16.6.